The molecule has 0 atom stereocenters. The van der Waals surface area contributed by atoms with Crippen LogP contribution in [0.3, 0.4) is 0 Å². The fourth-order valence-corrected chi connectivity index (χ4v) is 4.91. The van der Waals surface area contributed by atoms with Crippen LogP contribution in [0.2, 0.25) is 5.02 Å². The average Bonchev–Trinajstić information content (AvgIpc) is 3.52. The summed E-state index contributed by atoms with van der Waals surface area (Å²) in [6, 6.07) is 18.9. The highest BCUT2D eigenvalue weighted by molar-refractivity contribution is 6.32. The molecule has 1 N–H and O–H groups in total. The molecule has 1 fully saturated rings. The number of carbonyl (C=O) groups excluding carboxylic acids is 2. The van der Waals surface area contributed by atoms with Gasteiger partial charge in [0.15, 0.2) is 0 Å². The van der Waals surface area contributed by atoms with Gasteiger partial charge in [-0.15, -0.1) is 0 Å². The molecule has 4 rings (SSSR count). The molecule has 6 nitrogen and oxygen atoms in total. The highest BCUT2D eigenvalue weighted by Gasteiger charge is 2.24. The van der Waals surface area contributed by atoms with Gasteiger partial charge in [-0.25, -0.2) is 4.68 Å². The van der Waals surface area contributed by atoms with E-state index < -0.39 is 0 Å². The number of para-hydroxylation sites is 1. The quantitative estimate of drug-likeness (QED) is 0.379. The van der Waals surface area contributed by atoms with Crippen molar-refractivity contribution < 1.29 is 9.59 Å². The zero-order valence-electron chi connectivity index (χ0n) is 20.4. The number of rotatable bonds is 9. The minimum absolute atomic E-state index is 0.00443. The van der Waals surface area contributed by atoms with Gasteiger partial charge >= 0.3 is 0 Å². The van der Waals surface area contributed by atoms with Crippen molar-refractivity contribution in [3.8, 4) is 16.9 Å². The van der Waals surface area contributed by atoms with E-state index in [2.05, 4.69) is 5.32 Å². The Bertz CT molecular complexity index is 1150. The molecule has 184 valence electrons. The number of amides is 2. The zero-order valence-corrected chi connectivity index (χ0v) is 21.2. The lowest BCUT2D eigenvalue weighted by Gasteiger charge is -2.26. The van der Waals surface area contributed by atoms with E-state index in [9.17, 15) is 9.59 Å². The molecule has 1 aliphatic rings. The molecule has 7 heteroatoms. The number of benzene rings is 2. The number of hydrogen-bond acceptors (Lipinski definition) is 3. The number of carbonyl (C=O) groups is 2. The molecular weight excluding hydrogens is 460 g/mol. The molecule has 0 spiro atoms. The highest BCUT2D eigenvalue weighted by Crippen LogP contribution is 2.30. The van der Waals surface area contributed by atoms with Crippen molar-refractivity contribution in [3.05, 3.63) is 65.7 Å². The molecule has 0 aliphatic heterocycles. The molecule has 2 amide bonds. The molecule has 3 aromatic rings. The lowest BCUT2D eigenvalue weighted by Crippen LogP contribution is -2.42. The first kappa shape index (κ1) is 25.0. The van der Waals surface area contributed by atoms with Crippen LogP contribution >= 0.6 is 11.6 Å². The topological polar surface area (TPSA) is 67.2 Å². The molecule has 0 bridgehead atoms. The summed E-state index contributed by atoms with van der Waals surface area (Å²) in [7, 11) is 0. The standard InChI is InChI=1S/C28H33ClN4O2/c1-20(2)32(28(35)17-16-21-10-6-7-11-21)19-27(34)30-26-18-24(22-12-4-3-5-13-22)31-33(26)25-15-9-8-14-23(25)29/h3-5,8-9,12-15,18,20-21H,6-7,10-11,16-17,19H2,1-2H3,(H,30,34). The second kappa shape index (κ2) is 11.5. The Balaban J connectivity index is 1.52. The van der Waals surface area contributed by atoms with Gasteiger partial charge in [0.1, 0.15) is 12.4 Å². The Kier molecular flexibility index (Phi) is 8.24. The smallest absolute Gasteiger partial charge is 0.245 e. The van der Waals surface area contributed by atoms with Gasteiger partial charge in [-0.1, -0.05) is 79.7 Å². The summed E-state index contributed by atoms with van der Waals surface area (Å²) in [6.45, 7) is 3.89. The van der Waals surface area contributed by atoms with Gasteiger partial charge in [0.05, 0.1) is 16.4 Å². The van der Waals surface area contributed by atoms with E-state index in [1.54, 1.807) is 15.6 Å². The van der Waals surface area contributed by atoms with E-state index in [-0.39, 0.29) is 24.4 Å². The number of hydrogen-bond donors (Lipinski definition) is 1. The summed E-state index contributed by atoms with van der Waals surface area (Å²) in [5.41, 5.74) is 2.31. The van der Waals surface area contributed by atoms with Crippen molar-refractivity contribution in [2.75, 3.05) is 11.9 Å². The first-order chi connectivity index (χ1) is 16.9. The van der Waals surface area contributed by atoms with Crippen LogP contribution in [0, 0.1) is 5.92 Å². The Morgan fingerprint density at radius 1 is 1.09 bits per heavy atom. The molecule has 0 saturated heterocycles. The number of nitrogens with one attached hydrogen (secondary N) is 1. The third kappa shape index (κ3) is 6.31. The van der Waals surface area contributed by atoms with Crippen molar-refractivity contribution in [1.29, 1.82) is 0 Å². The number of anilines is 1. The van der Waals surface area contributed by atoms with Crippen LogP contribution in [-0.4, -0.2) is 39.1 Å². The van der Waals surface area contributed by atoms with Gasteiger partial charge in [0.25, 0.3) is 0 Å². The van der Waals surface area contributed by atoms with E-state index in [4.69, 9.17) is 16.7 Å². The summed E-state index contributed by atoms with van der Waals surface area (Å²) < 4.78 is 1.64. The monoisotopic (exact) mass is 492 g/mol. The zero-order chi connectivity index (χ0) is 24.8. The normalized spacial score (nSPS) is 13.8. The Hall–Kier alpha value is -3.12. The Morgan fingerprint density at radius 2 is 1.77 bits per heavy atom. The number of nitrogens with zero attached hydrogens (tertiary/aromatic N) is 3. The average molecular weight is 493 g/mol. The Labute approximate surface area is 212 Å². The second-order valence-electron chi connectivity index (χ2n) is 9.50. The molecule has 0 radical (unpaired) electrons. The molecule has 1 saturated carbocycles. The van der Waals surface area contributed by atoms with Gasteiger partial charge in [-0.05, 0) is 38.3 Å². The van der Waals surface area contributed by atoms with Crippen LogP contribution in [0.5, 0.6) is 0 Å². The van der Waals surface area contributed by atoms with Gasteiger partial charge < -0.3 is 10.2 Å². The van der Waals surface area contributed by atoms with Crippen LogP contribution < -0.4 is 5.32 Å². The fraction of sp³-hybridized carbons (Fsp3) is 0.393. The molecule has 1 heterocycles. The second-order valence-corrected chi connectivity index (χ2v) is 9.90. The first-order valence-corrected chi connectivity index (χ1v) is 12.8. The van der Waals surface area contributed by atoms with Crippen LogP contribution in [-0.2, 0) is 9.59 Å². The molecule has 0 unspecified atom stereocenters. The van der Waals surface area contributed by atoms with E-state index >= 15 is 0 Å². The molecule has 2 aromatic carbocycles. The largest absolute Gasteiger partial charge is 0.331 e. The van der Waals surface area contributed by atoms with Crippen molar-refractivity contribution in [3.63, 3.8) is 0 Å². The summed E-state index contributed by atoms with van der Waals surface area (Å²) in [6.07, 6.45) is 6.35. The maximum Gasteiger partial charge on any atom is 0.245 e. The minimum atomic E-state index is -0.263. The first-order valence-electron chi connectivity index (χ1n) is 12.4. The maximum atomic E-state index is 13.1. The predicted octanol–water partition coefficient (Wildman–Crippen LogP) is 6.34. The third-order valence-corrected chi connectivity index (χ3v) is 6.95. The van der Waals surface area contributed by atoms with Crippen LogP contribution in [0.25, 0.3) is 16.9 Å². The van der Waals surface area contributed by atoms with Crippen LogP contribution in [0.15, 0.2) is 60.7 Å². The number of aromatic nitrogens is 2. The van der Waals surface area contributed by atoms with Crippen molar-refractivity contribution in [1.82, 2.24) is 14.7 Å². The summed E-state index contributed by atoms with van der Waals surface area (Å²) in [5.74, 6) is 0.916. The minimum Gasteiger partial charge on any atom is -0.331 e. The summed E-state index contributed by atoms with van der Waals surface area (Å²) in [4.78, 5) is 27.8. The van der Waals surface area contributed by atoms with Gasteiger partial charge in [0.2, 0.25) is 11.8 Å². The van der Waals surface area contributed by atoms with Gasteiger partial charge in [-0.3, -0.25) is 9.59 Å². The van der Waals surface area contributed by atoms with Crippen LogP contribution in [0.4, 0.5) is 5.82 Å². The lowest BCUT2D eigenvalue weighted by atomic mass is 10.0. The Morgan fingerprint density at radius 3 is 2.46 bits per heavy atom. The SMILES string of the molecule is CC(C)N(CC(=O)Nc1cc(-c2ccccc2)nn1-c1ccccc1Cl)C(=O)CCC1CCCC1. The molecule has 35 heavy (non-hydrogen) atoms. The van der Waals surface area contributed by atoms with Crippen molar-refractivity contribution >= 4 is 29.2 Å². The fourth-order valence-electron chi connectivity index (χ4n) is 4.69. The van der Waals surface area contributed by atoms with E-state index in [1.807, 2.05) is 68.4 Å². The summed E-state index contributed by atoms with van der Waals surface area (Å²) >= 11 is 6.45. The van der Waals surface area contributed by atoms with E-state index in [1.165, 1.54) is 25.7 Å². The number of halogens is 1. The highest BCUT2D eigenvalue weighted by atomic mass is 35.5. The van der Waals surface area contributed by atoms with Gasteiger partial charge in [-0.2, -0.15) is 5.10 Å². The molecule has 1 aliphatic carbocycles. The van der Waals surface area contributed by atoms with Crippen LogP contribution in [0.1, 0.15) is 52.4 Å². The predicted molar refractivity (Wildman–Crippen MR) is 141 cm³/mol. The molecule has 1 aromatic heterocycles. The van der Waals surface area contributed by atoms with Crippen molar-refractivity contribution in [2.24, 2.45) is 5.92 Å². The third-order valence-electron chi connectivity index (χ3n) is 6.63. The molecular formula is C28H33ClN4O2. The van der Waals surface area contributed by atoms with Gasteiger partial charge in [0, 0.05) is 24.1 Å². The maximum absolute atomic E-state index is 13.1. The van der Waals surface area contributed by atoms with E-state index in [0.717, 1.165) is 12.0 Å². The lowest BCUT2D eigenvalue weighted by molar-refractivity contribution is -0.136. The van der Waals surface area contributed by atoms with Crippen molar-refractivity contribution in [2.45, 2.75) is 58.4 Å². The van der Waals surface area contributed by atoms with E-state index in [0.29, 0.717) is 34.6 Å². The summed E-state index contributed by atoms with van der Waals surface area (Å²) in [5, 5.41) is 8.22.